The van der Waals surface area contributed by atoms with E-state index >= 15 is 0 Å². The van der Waals surface area contributed by atoms with Crippen molar-refractivity contribution in [3.8, 4) is 11.4 Å². The Morgan fingerprint density at radius 1 is 1.20 bits per heavy atom. The van der Waals surface area contributed by atoms with E-state index in [1.54, 1.807) is 30.5 Å². The van der Waals surface area contributed by atoms with Gasteiger partial charge in [-0.2, -0.15) is 5.10 Å². The highest BCUT2D eigenvalue weighted by Crippen LogP contribution is 2.11. The number of amides is 1. The van der Waals surface area contributed by atoms with Crippen molar-refractivity contribution >= 4 is 12.1 Å². The van der Waals surface area contributed by atoms with Crippen molar-refractivity contribution < 1.29 is 9.53 Å². The summed E-state index contributed by atoms with van der Waals surface area (Å²) in [6.45, 7) is 2.55. The number of tetrazole rings is 1. The molecule has 0 saturated carbocycles. The number of carbonyl (C=O) groups is 1. The van der Waals surface area contributed by atoms with E-state index in [4.69, 9.17) is 4.74 Å². The predicted molar refractivity (Wildman–Crippen MR) is 91.8 cm³/mol. The molecule has 0 aliphatic carbocycles. The van der Waals surface area contributed by atoms with Gasteiger partial charge in [-0.05, 0) is 71.4 Å². The molecule has 1 N–H and O–H groups in total. The Hall–Kier alpha value is -3.55. The molecule has 1 aromatic heterocycles. The zero-order valence-electron chi connectivity index (χ0n) is 13.5. The van der Waals surface area contributed by atoms with E-state index in [0.717, 1.165) is 17.0 Å². The van der Waals surface area contributed by atoms with Crippen molar-refractivity contribution in [1.29, 1.82) is 0 Å². The summed E-state index contributed by atoms with van der Waals surface area (Å²) in [7, 11) is 0. The lowest BCUT2D eigenvalue weighted by Gasteiger charge is -2.03. The molecule has 25 heavy (non-hydrogen) atoms. The lowest BCUT2D eigenvalue weighted by atomic mass is 10.2. The maximum atomic E-state index is 12.1. The molecule has 8 nitrogen and oxygen atoms in total. The molecule has 0 aliphatic rings. The van der Waals surface area contributed by atoms with Crippen LogP contribution in [0.15, 0.2) is 60.0 Å². The largest absolute Gasteiger partial charge is 0.494 e. The van der Waals surface area contributed by atoms with Crippen LogP contribution in [0.2, 0.25) is 0 Å². The maximum absolute atomic E-state index is 12.1. The number of hydrazone groups is 1. The number of carbonyl (C=O) groups excluding carboxylic acids is 1. The lowest BCUT2D eigenvalue weighted by Crippen LogP contribution is -2.17. The molecule has 3 aromatic rings. The molecule has 8 heteroatoms. The Balaban J connectivity index is 1.58. The van der Waals surface area contributed by atoms with E-state index in [2.05, 4.69) is 26.1 Å². The Kier molecular flexibility index (Phi) is 5.10. The molecule has 1 amide bonds. The normalized spacial score (nSPS) is 10.8. The smallest absolute Gasteiger partial charge is 0.271 e. The molecule has 0 aliphatic heterocycles. The molecule has 2 aromatic carbocycles. The number of nitrogens with one attached hydrogen (secondary N) is 1. The minimum atomic E-state index is -0.301. The van der Waals surface area contributed by atoms with Crippen molar-refractivity contribution in [2.45, 2.75) is 6.92 Å². The zero-order valence-corrected chi connectivity index (χ0v) is 13.5. The maximum Gasteiger partial charge on any atom is 0.271 e. The summed E-state index contributed by atoms with van der Waals surface area (Å²) in [5.74, 6) is 0.497. The van der Waals surface area contributed by atoms with E-state index in [-0.39, 0.29) is 5.91 Å². The van der Waals surface area contributed by atoms with Crippen molar-refractivity contribution in [3.05, 3.63) is 66.0 Å². The molecule has 0 atom stereocenters. The highest BCUT2D eigenvalue weighted by molar-refractivity contribution is 5.95. The monoisotopic (exact) mass is 336 g/mol. The second kappa shape index (κ2) is 7.82. The number of hydrogen-bond donors (Lipinski definition) is 1. The second-order valence-corrected chi connectivity index (χ2v) is 5.00. The van der Waals surface area contributed by atoms with Gasteiger partial charge in [0.05, 0.1) is 18.5 Å². The number of benzene rings is 2. The highest BCUT2D eigenvalue weighted by atomic mass is 16.5. The van der Waals surface area contributed by atoms with E-state index in [1.165, 1.54) is 11.0 Å². The van der Waals surface area contributed by atoms with Gasteiger partial charge in [-0.3, -0.25) is 4.79 Å². The van der Waals surface area contributed by atoms with Crippen LogP contribution in [0.5, 0.6) is 5.75 Å². The Morgan fingerprint density at radius 2 is 1.96 bits per heavy atom. The van der Waals surface area contributed by atoms with Gasteiger partial charge < -0.3 is 4.74 Å². The van der Waals surface area contributed by atoms with E-state index in [0.29, 0.717) is 12.2 Å². The molecule has 0 radical (unpaired) electrons. The molecule has 0 bridgehead atoms. The fourth-order valence-electron chi connectivity index (χ4n) is 2.09. The lowest BCUT2D eigenvalue weighted by molar-refractivity contribution is 0.0955. The van der Waals surface area contributed by atoms with Crippen LogP contribution >= 0.6 is 0 Å². The SMILES string of the molecule is CCOc1ccc(/C=N/NC(=O)c2ccc(-n3cnnn3)cc2)cc1. The van der Waals surface area contributed by atoms with Crippen LogP contribution in [0.3, 0.4) is 0 Å². The minimum absolute atomic E-state index is 0.301. The van der Waals surface area contributed by atoms with Gasteiger partial charge in [0.1, 0.15) is 12.1 Å². The molecule has 0 unspecified atom stereocenters. The first kappa shape index (κ1) is 16.3. The summed E-state index contributed by atoms with van der Waals surface area (Å²) < 4.78 is 6.88. The van der Waals surface area contributed by atoms with Crippen LogP contribution in [-0.2, 0) is 0 Å². The molecular formula is C17H16N6O2. The quantitative estimate of drug-likeness (QED) is 0.547. The van der Waals surface area contributed by atoms with Gasteiger partial charge in [0.25, 0.3) is 5.91 Å². The van der Waals surface area contributed by atoms with E-state index in [9.17, 15) is 4.79 Å². The fraction of sp³-hybridized carbons (Fsp3) is 0.118. The van der Waals surface area contributed by atoms with Crippen LogP contribution < -0.4 is 10.2 Å². The first-order chi connectivity index (χ1) is 12.3. The van der Waals surface area contributed by atoms with Crippen LogP contribution in [0.4, 0.5) is 0 Å². The number of rotatable bonds is 6. The topological polar surface area (TPSA) is 94.3 Å². The van der Waals surface area contributed by atoms with Crippen molar-refractivity contribution in [1.82, 2.24) is 25.6 Å². The summed E-state index contributed by atoms with van der Waals surface area (Å²) in [6, 6.07) is 14.3. The summed E-state index contributed by atoms with van der Waals surface area (Å²) in [5.41, 5.74) is 4.60. The molecule has 1 heterocycles. The summed E-state index contributed by atoms with van der Waals surface area (Å²) in [6.07, 6.45) is 3.05. The fourth-order valence-corrected chi connectivity index (χ4v) is 2.09. The summed E-state index contributed by atoms with van der Waals surface area (Å²) in [5, 5.41) is 14.9. The standard InChI is InChI=1S/C17H16N6O2/c1-2-25-16-9-3-13(4-10-16)11-18-20-17(24)14-5-7-15(8-6-14)23-12-19-21-22-23/h3-12H,2H2,1H3,(H,20,24)/b18-11+. The van der Waals surface area contributed by atoms with E-state index < -0.39 is 0 Å². The van der Waals surface area contributed by atoms with Gasteiger partial charge in [0.2, 0.25) is 0 Å². The van der Waals surface area contributed by atoms with Crippen LogP contribution in [0.25, 0.3) is 5.69 Å². The van der Waals surface area contributed by atoms with Crippen LogP contribution in [0.1, 0.15) is 22.8 Å². The van der Waals surface area contributed by atoms with E-state index in [1.807, 2.05) is 31.2 Å². The minimum Gasteiger partial charge on any atom is -0.494 e. The van der Waals surface area contributed by atoms with Crippen molar-refractivity contribution in [2.24, 2.45) is 5.10 Å². The van der Waals surface area contributed by atoms with Crippen LogP contribution in [-0.4, -0.2) is 38.9 Å². The van der Waals surface area contributed by atoms with Gasteiger partial charge in [0, 0.05) is 5.56 Å². The average Bonchev–Trinajstić information content (AvgIpc) is 3.18. The number of nitrogens with zero attached hydrogens (tertiary/aromatic N) is 5. The number of aromatic nitrogens is 4. The molecular weight excluding hydrogens is 320 g/mol. The Morgan fingerprint density at radius 3 is 2.60 bits per heavy atom. The third-order valence-electron chi connectivity index (χ3n) is 3.31. The summed E-state index contributed by atoms with van der Waals surface area (Å²) >= 11 is 0. The summed E-state index contributed by atoms with van der Waals surface area (Å²) in [4.78, 5) is 12.1. The molecule has 0 fully saturated rings. The molecule has 3 rings (SSSR count). The first-order valence-corrected chi connectivity index (χ1v) is 7.66. The molecule has 0 saturated heterocycles. The predicted octanol–water partition coefficient (Wildman–Crippen LogP) is 1.82. The van der Waals surface area contributed by atoms with Gasteiger partial charge in [0.15, 0.2) is 0 Å². The van der Waals surface area contributed by atoms with Crippen molar-refractivity contribution in [2.75, 3.05) is 6.61 Å². The molecule has 0 spiro atoms. The van der Waals surface area contributed by atoms with Gasteiger partial charge in [-0.25, -0.2) is 10.1 Å². The zero-order chi connectivity index (χ0) is 17.5. The van der Waals surface area contributed by atoms with Crippen LogP contribution in [0, 0.1) is 0 Å². The Bertz CT molecular complexity index is 842. The van der Waals surface area contributed by atoms with Crippen molar-refractivity contribution in [3.63, 3.8) is 0 Å². The molecule has 126 valence electrons. The second-order valence-electron chi connectivity index (χ2n) is 5.00. The Labute approximate surface area is 144 Å². The third-order valence-corrected chi connectivity index (χ3v) is 3.31. The third kappa shape index (κ3) is 4.25. The average molecular weight is 336 g/mol. The first-order valence-electron chi connectivity index (χ1n) is 7.66. The number of hydrogen-bond acceptors (Lipinski definition) is 6. The highest BCUT2D eigenvalue weighted by Gasteiger charge is 2.05. The van der Waals surface area contributed by atoms with Gasteiger partial charge in [-0.1, -0.05) is 0 Å². The number of ether oxygens (including phenoxy) is 1. The van der Waals surface area contributed by atoms with Gasteiger partial charge >= 0.3 is 0 Å². The van der Waals surface area contributed by atoms with Gasteiger partial charge in [-0.15, -0.1) is 5.10 Å².